The highest BCUT2D eigenvalue weighted by Gasteiger charge is 2.29. The SMILES string of the molecule is COCCN(C(=O)[C@H](N)CCSC)C1CCSC1. The van der Waals surface area contributed by atoms with Crippen molar-refractivity contribution < 1.29 is 9.53 Å². The fourth-order valence-corrected chi connectivity index (χ4v) is 3.73. The first-order chi connectivity index (χ1) is 8.70. The van der Waals surface area contributed by atoms with Gasteiger partial charge in [0.2, 0.25) is 5.91 Å². The third kappa shape index (κ3) is 4.99. The molecule has 1 fully saturated rings. The molecule has 0 bridgehead atoms. The predicted molar refractivity (Wildman–Crippen MR) is 80.3 cm³/mol. The van der Waals surface area contributed by atoms with E-state index < -0.39 is 0 Å². The molecule has 0 aromatic rings. The maximum atomic E-state index is 12.4. The smallest absolute Gasteiger partial charge is 0.239 e. The first-order valence-electron chi connectivity index (χ1n) is 6.32. The Morgan fingerprint density at radius 3 is 3.00 bits per heavy atom. The van der Waals surface area contributed by atoms with E-state index in [2.05, 4.69) is 0 Å². The van der Waals surface area contributed by atoms with Crippen molar-refractivity contribution >= 4 is 29.4 Å². The van der Waals surface area contributed by atoms with E-state index in [1.165, 1.54) is 0 Å². The number of hydrogen-bond acceptors (Lipinski definition) is 5. The van der Waals surface area contributed by atoms with Crippen LogP contribution in [0.4, 0.5) is 0 Å². The number of nitrogens with zero attached hydrogens (tertiary/aromatic N) is 1. The van der Waals surface area contributed by atoms with E-state index in [4.69, 9.17) is 10.5 Å². The molecule has 4 nitrogen and oxygen atoms in total. The van der Waals surface area contributed by atoms with Crippen molar-refractivity contribution in [2.45, 2.75) is 24.9 Å². The van der Waals surface area contributed by atoms with Gasteiger partial charge in [-0.15, -0.1) is 0 Å². The molecule has 106 valence electrons. The van der Waals surface area contributed by atoms with Gasteiger partial charge in [0.15, 0.2) is 0 Å². The van der Waals surface area contributed by atoms with Crippen molar-refractivity contribution in [3.8, 4) is 0 Å². The third-order valence-corrected chi connectivity index (χ3v) is 4.90. The van der Waals surface area contributed by atoms with Gasteiger partial charge >= 0.3 is 0 Å². The predicted octanol–water partition coefficient (Wildman–Crippen LogP) is 1.05. The van der Waals surface area contributed by atoms with Crippen LogP contribution in [0.25, 0.3) is 0 Å². The molecule has 1 aliphatic heterocycles. The number of ether oxygens (including phenoxy) is 1. The highest BCUT2D eigenvalue weighted by atomic mass is 32.2. The lowest BCUT2D eigenvalue weighted by atomic mass is 10.1. The Kier molecular flexibility index (Phi) is 8.13. The maximum absolute atomic E-state index is 12.4. The van der Waals surface area contributed by atoms with Gasteiger partial charge in [-0.25, -0.2) is 0 Å². The molecule has 1 rings (SSSR count). The van der Waals surface area contributed by atoms with Crippen LogP contribution in [0.5, 0.6) is 0 Å². The average molecular weight is 292 g/mol. The minimum atomic E-state index is -0.361. The van der Waals surface area contributed by atoms with Crippen molar-refractivity contribution in [3.63, 3.8) is 0 Å². The highest BCUT2D eigenvalue weighted by molar-refractivity contribution is 7.99. The third-order valence-electron chi connectivity index (χ3n) is 3.12. The molecule has 1 amide bonds. The summed E-state index contributed by atoms with van der Waals surface area (Å²) < 4.78 is 5.10. The quantitative estimate of drug-likeness (QED) is 0.724. The molecule has 0 spiro atoms. The van der Waals surface area contributed by atoms with Gasteiger partial charge in [-0.3, -0.25) is 4.79 Å². The van der Waals surface area contributed by atoms with E-state index >= 15 is 0 Å². The Hall–Kier alpha value is 0.0900. The van der Waals surface area contributed by atoms with Crippen LogP contribution in [0.2, 0.25) is 0 Å². The van der Waals surface area contributed by atoms with Crippen LogP contribution in [0.3, 0.4) is 0 Å². The number of thioether (sulfide) groups is 2. The van der Waals surface area contributed by atoms with Gasteiger partial charge in [0.1, 0.15) is 0 Å². The van der Waals surface area contributed by atoms with E-state index in [-0.39, 0.29) is 11.9 Å². The van der Waals surface area contributed by atoms with Gasteiger partial charge < -0.3 is 15.4 Å². The number of methoxy groups -OCH3 is 1. The molecule has 1 unspecified atom stereocenters. The summed E-state index contributed by atoms with van der Waals surface area (Å²) in [7, 11) is 1.67. The lowest BCUT2D eigenvalue weighted by Gasteiger charge is -2.30. The second kappa shape index (κ2) is 9.07. The summed E-state index contributed by atoms with van der Waals surface area (Å²) in [4.78, 5) is 14.3. The summed E-state index contributed by atoms with van der Waals surface area (Å²) in [5.74, 6) is 3.20. The minimum Gasteiger partial charge on any atom is -0.383 e. The fourth-order valence-electron chi connectivity index (χ4n) is 2.01. The zero-order valence-electron chi connectivity index (χ0n) is 11.3. The van der Waals surface area contributed by atoms with Gasteiger partial charge in [-0.1, -0.05) is 0 Å². The van der Waals surface area contributed by atoms with E-state index in [1.54, 1.807) is 18.9 Å². The normalized spacial score (nSPS) is 20.9. The summed E-state index contributed by atoms with van der Waals surface area (Å²) in [6, 6.07) is -0.0158. The zero-order chi connectivity index (χ0) is 13.4. The summed E-state index contributed by atoms with van der Waals surface area (Å²) in [5, 5.41) is 0. The van der Waals surface area contributed by atoms with E-state index in [0.29, 0.717) is 19.2 Å². The van der Waals surface area contributed by atoms with Crippen molar-refractivity contribution in [1.82, 2.24) is 4.90 Å². The van der Waals surface area contributed by atoms with Gasteiger partial charge in [0.05, 0.1) is 12.6 Å². The summed E-state index contributed by atoms with van der Waals surface area (Å²) >= 11 is 3.64. The van der Waals surface area contributed by atoms with Crippen molar-refractivity contribution in [2.75, 3.05) is 43.8 Å². The van der Waals surface area contributed by atoms with Crippen LogP contribution >= 0.6 is 23.5 Å². The Balaban J connectivity index is 2.53. The maximum Gasteiger partial charge on any atom is 0.239 e. The van der Waals surface area contributed by atoms with Gasteiger partial charge in [-0.05, 0) is 30.6 Å². The van der Waals surface area contributed by atoms with Crippen LogP contribution in [-0.2, 0) is 9.53 Å². The van der Waals surface area contributed by atoms with Crippen molar-refractivity contribution in [2.24, 2.45) is 5.73 Å². The number of nitrogens with two attached hydrogens (primary N) is 1. The number of amides is 1. The van der Waals surface area contributed by atoms with Crippen LogP contribution in [0.15, 0.2) is 0 Å². The van der Waals surface area contributed by atoms with Gasteiger partial charge in [0.25, 0.3) is 0 Å². The van der Waals surface area contributed by atoms with Crippen LogP contribution < -0.4 is 5.73 Å². The summed E-state index contributed by atoms with van der Waals surface area (Å²) in [6.45, 7) is 1.25. The molecule has 0 aliphatic carbocycles. The lowest BCUT2D eigenvalue weighted by Crippen LogP contribution is -2.50. The van der Waals surface area contributed by atoms with Gasteiger partial charge in [0, 0.05) is 25.4 Å². The Morgan fingerprint density at radius 2 is 2.44 bits per heavy atom. The second-order valence-electron chi connectivity index (χ2n) is 4.43. The van der Waals surface area contributed by atoms with E-state index in [9.17, 15) is 4.79 Å². The molecule has 0 radical (unpaired) electrons. The van der Waals surface area contributed by atoms with Crippen LogP contribution in [0, 0.1) is 0 Å². The molecular weight excluding hydrogens is 268 g/mol. The number of carbonyl (C=O) groups excluding carboxylic acids is 1. The monoisotopic (exact) mass is 292 g/mol. The molecule has 1 heterocycles. The lowest BCUT2D eigenvalue weighted by molar-refractivity contribution is -0.135. The first-order valence-corrected chi connectivity index (χ1v) is 8.87. The Bertz CT molecular complexity index is 248. The highest BCUT2D eigenvalue weighted by Crippen LogP contribution is 2.23. The molecule has 2 N–H and O–H groups in total. The van der Waals surface area contributed by atoms with E-state index in [0.717, 1.165) is 30.1 Å². The Morgan fingerprint density at radius 1 is 1.67 bits per heavy atom. The topological polar surface area (TPSA) is 55.6 Å². The molecule has 18 heavy (non-hydrogen) atoms. The van der Waals surface area contributed by atoms with Crippen molar-refractivity contribution in [1.29, 1.82) is 0 Å². The minimum absolute atomic E-state index is 0.0913. The summed E-state index contributed by atoms with van der Waals surface area (Å²) in [5.41, 5.74) is 5.99. The second-order valence-corrected chi connectivity index (χ2v) is 6.57. The zero-order valence-corrected chi connectivity index (χ0v) is 12.9. The molecule has 0 aromatic heterocycles. The molecule has 0 aromatic carbocycles. The van der Waals surface area contributed by atoms with Crippen molar-refractivity contribution in [3.05, 3.63) is 0 Å². The molecular formula is C12H24N2O2S2. The van der Waals surface area contributed by atoms with E-state index in [1.807, 2.05) is 22.9 Å². The number of hydrogen-bond donors (Lipinski definition) is 1. The molecule has 1 aliphatic rings. The average Bonchev–Trinajstić information content (AvgIpc) is 2.90. The molecule has 2 atom stereocenters. The molecule has 1 saturated heterocycles. The fraction of sp³-hybridized carbons (Fsp3) is 0.917. The first kappa shape index (κ1) is 16.1. The van der Waals surface area contributed by atoms with Crippen LogP contribution in [0.1, 0.15) is 12.8 Å². The number of carbonyl (C=O) groups is 1. The van der Waals surface area contributed by atoms with Gasteiger partial charge in [-0.2, -0.15) is 23.5 Å². The Labute approximate surface area is 118 Å². The van der Waals surface area contributed by atoms with Crippen LogP contribution in [-0.4, -0.2) is 66.7 Å². The largest absolute Gasteiger partial charge is 0.383 e. The molecule has 0 saturated carbocycles. The molecule has 6 heteroatoms. The number of rotatable bonds is 8. The summed E-state index contributed by atoms with van der Waals surface area (Å²) in [6.07, 6.45) is 3.87. The standard InChI is InChI=1S/C12H24N2O2S2/c1-16-6-5-14(10-3-8-18-9-10)12(15)11(13)4-7-17-2/h10-11H,3-9,13H2,1-2H3/t10?,11-/m1/s1.